The van der Waals surface area contributed by atoms with Crippen LogP contribution in [0.3, 0.4) is 0 Å². The highest BCUT2D eigenvalue weighted by Gasteiger charge is 2.65. The van der Waals surface area contributed by atoms with E-state index in [4.69, 9.17) is 4.74 Å². The van der Waals surface area contributed by atoms with Gasteiger partial charge in [0.15, 0.2) is 11.5 Å². The Morgan fingerprint density at radius 3 is 2.92 bits per heavy atom. The maximum absolute atomic E-state index is 12.4. The average Bonchev–Trinajstić information content (AvgIpc) is 2.54. The SMILES string of the molecule is CCOc1c(O)ccc2c1[C@]13CCN(C)[C@H](C2)[C@]1(O)CCC(=O)C3. The molecule has 1 saturated carbocycles. The zero-order valence-electron chi connectivity index (χ0n) is 14.3. The molecule has 130 valence electrons. The Labute approximate surface area is 142 Å². The maximum atomic E-state index is 12.4. The number of hydrogen-bond acceptors (Lipinski definition) is 5. The van der Waals surface area contributed by atoms with Gasteiger partial charge >= 0.3 is 0 Å². The lowest BCUT2D eigenvalue weighted by Gasteiger charge is -2.62. The topological polar surface area (TPSA) is 70.0 Å². The first-order valence-corrected chi connectivity index (χ1v) is 8.85. The quantitative estimate of drug-likeness (QED) is 0.864. The van der Waals surface area contributed by atoms with Crippen LogP contribution in [0, 0.1) is 0 Å². The number of hydrogen-bond donors (Lipinski definition) is 2. The molecule has 2 aliphatic carbocycles. The smallest absolute Gasteiger partial charge is 0.165 e. The predicted octanol–water partition coefficient (Wildman–Crippen LogP) is 1.77. The fourth-order valence-electron chi connectivity index (χ4n) is 5.39. The number of likely N-dealkylation sites (tertiary alicyclic amines) is 1. The molecule has 5 nitrogen and oxygen atoms in total. The van der Waals surface area contributed by atoms with E-state index < -0.39 is 11.0 Å². The van der Waals surface area contributed by atoms with Crippen molar-refractivity contribution in [2.24, 2.45) is 0 Å². The molecule has 24 heavy (non-hydrogen) atoms. The van der Waals surface area contributed by atoms with Crippen LogP contribution in [-0.2, 0) is 16.6 Å². The number of Topliss-reactive ketones (excluding diaryl/α,β-unsaturated/α-hetero) is 1. The minimum absolute atomic E-state index is 0.00543. The molecule has 2 bridgehead atoms. The van der Waals surface area contributed by atoms with Gasteiger partial charge in [-0.15, -0.1) is 0 Å². The van der Waals surface area contributed by atoms with E-state index in [0.717, 1.165) is 24.1 Å². The van der Waals surface area contributed by atoms with E-state index in [9.17, 15) is 15.0 Å². The zero-order chi connectivity index (χ0) is 17.1. The molecule has 2 N–H and O–H groups in total. The van der Waals surface area contributed by atoms with Gasteiger partial charge in [0.2, 0.25) is 0 Å². The molecule has 0 radical (unpaired) electrons. The molecule has 0 unspecified atom stereocenters. The third kappa shape index (κ3) is 1.85. The van der Waals surface area contributed by atoms with Gasteiger partial charge < -0.3 is 19.8 Å². The molecule has 4 rings (SSSR count). The monoisotopic (exact) mass is 331 g/mol. The number of nitrogens with zero attached hydrogens (tertiary/aromatic N) is 1. The van der Waals surface area contributed by atoms with Gasteiger partial charge in [-0.05, 0) is 51.4 Å². The fourth-order valence-corrected chi connectivity index (χ4v) is 5.39. The molecular weight excluding hydrogens is 306 g/mol. The molecule has 0 spiro atoms. The van der Waals surface area contributed by atoms with Crippen LogP contribution in [-0.4, -0.2) is 52.7 Å². The number of aliphatic hydroxyl groups is 1. The molecule has 0 aromatic heterocycles. The van der Waals surface area contributed by atoms with Crippen LogP contribution in [0.2, 0.25) is 0 Å². The maximum Gasteiger partial charge on any atom is 0.165 e. The summed E-state index contributed by atoms with van der Waals surface area (Å²) in [6.45, 7) is 3.16. The van der Waals surface area contributed by atoms with E-state index in [0.29, 0.717) is 38.0 Å². The molecular formula is C19H25NO4. The first kappa shape index (κ1) is 15.9. The minimum atomic E-state index is -0.944. The Hall–Kier alpha value is -1.59. The second-order valence-corrected chi connectivity index (χ2v) is 7.55. The van der Waals surface area contributed by atoms with Crippen LogP contribution in [0.25, 0.3) is 0 Å². The van der Waals surface area contributed by atoms with Crippen LogP contribution < -0.4 is 4.74 Å². The van der Waals surface area contributed by atoms with Crippen molar-refractivity contribution in [3.8, 4) is 11.5 Å². The van der Waals surface area contributed by atoms with Crippen molar-refractivity contribution in [3.63, 3.8) is 0 Å². The molecule has 3 aliphatic rings. The van der Waals surface area contributed by atoms with E-state index in [1.807, 2.05) is 13.0 Å². The summed E-state index contributed by atoms with van der Waals surface area (Å²) in [5.74, 6) is 0.760. The van der Waals surface area contributed by atoms with Gasteiger partial charge in [-0.2, -0.15) is 0 Å². The molecule has 1 aromatic carbocycles. The van der Waals surface area contributed by atoms with Crippen LogP contribution in [0.5, 0.6) is 11.5 Å². The molecule has 5 heteroatoms. The summed E-state index contributed by atoms with van der Waals surface area (Å²) in [5, 5.41) is 22.1. The summed E-state index contributed by atoms with van der Waals surface area (Å²) in [5.41, 5.74) is 0.382. The Morgan fingerprint density at radius 2 is 2.17 bits per heavy atom. The second-order valence-electron chi connectivity index (χ2n) is 7.55. The number of piperidine rings is 1. The number of ether oxygens (including phenoxy) is 1. The number of phenols is 1. The summed E-state index contributed by atoms with van der Waals surface area (Å²) in [6, 6.07) is 3.61. The lowest BCUT2D eigenvalue weighted by molar-refractivity contribution is -0.169. The number of carbonyl (C=O) groups excluding carboxylic acids is 1. The fraction of sp³-hybridized carbons (Fsp3) is 0.632. The minimum Gasteiger partial charge on any atom is -0.504 e. The molecule has 1 aromatic rings. The Balaban J connectivity index is 2.00. The molecule has 3 atom stereocenters. The number of likely N-dealkylation sites (N-methyl/N-ethyl adjacent to an activating group) is 1. The third-order valence-corrected chi connectivity index (χ3v) is 6.49. The number of benzene rings is 1. The number of rotatable bonds is 2. The largest absolute Gasteiger partial charge is 0.504 e. The summed E-state index contributed by atoms with van der Waals surface area (Å²) in [4.78, 5) is 14.6. The van der Waals surface area contributed by atoms with E-state index in [2.05, 4.69) is 11.9 Å². The number of carbonyl (C=O) groups is 1. The van der Waals surface area contributed by atoms with Crippen LogP contribution >= 0.6 is 0 Å². The predicted molar refractivity (Wildman–Crippen MR) is 89.5 cm³/mol. The molecule has 0 amide bonds. The van der Waals surface area contributed by atoms with Gasteiger partial charge in [-0.25, -0.2) is 0 Å². The first-order chi connectivity index (χ1) is 11.4. The second kappa shape index (κ2) is 5.20. The van der Waals surface area contributed by atoms with Crippen molar-refractivity contribution in [1.29, 1.82) is 0 Å². The Kier molecular flexibility index (Phi) is 3.45. The Bertz CT molecular complexity index is 703. The van der Waals surface area contributed by atoms with E-state index in [1.165, 1.54) is 0 Å². The van der Waals surface area contributed by atoms with Gasteiger partial charge in [0.05, 0.1) is 12.2 Å². The van der Waals surface area contributed by atoms with E-state index in [-0.39, 0.29) is 17.6 Å². The van der Waals surface area contributed by atoms with Gasteiger partial charge in [-0.3, -0.25) is 4.79 Å². The normalized spacial score (nSPS) is 35.3. The summed E-state index contributed by atoms with van der Waals surface area (Å²) in [6.07, 6.45) is 2.68. The van der Waals surface area contributed by atoms with Crippen LogP contribution in [0.4, 0.5) is 0 Å². The lowest BCUT2D eigenvalue weighted by Crippen LogP contribution is -2.72. The molecule has 1 heterocycles. The number of aromatic hydroxyl groups is 1. The van der Waals surface area contributed by atoms with Gasteiger partial charge in [0, 0.05) is 29.9 Å². The van der Waals surface area contributed by atoms with Crippen molar-refractivity contribution in [3.05, 3.63) is 23.3 Å². The number of fused-ring (bicyclic) bond motifs is 1. The van der Waals surface area contributed by atoms with Gasteiger partial charge in [0.25, 0.3) is 0 Å². The summed E-state index contributed by atoms with van der Waals surface area (Å²) < 4.78 is 5.79. The van der Waals surface area contributed by atoms with Crippen molar-refractivity contribution in [2.45, 2.75) is 56.1 Å². The van der Waals surface area contributed by atoms with Gasteiger partial charge in [-0.1, -0.05) is 6.07 Å². The summed E-state index contributed by atoms with van der Waals surface area (Å²) >= 11 is 0. The zero-order valence-corrected chi connectivity index (χ0v) is 14.3. The molecule has 1 aliphatic heterocycles. The molecule has 1 saturated heterocycles. The Morgan fingerprint density at radius 1 is 1.38 bits per heavy atom. The summed E-state index contributed by atoms with van der Waals surface area (Å²) in [7, 11) is 2.05. The highest BCUT2D eigenvalue weighted by atomic mass is 16.5. The highest BCUT2D eigenvalue weighted by molar-refractivity contribution is 5.83. The average molecular weight is 331 g/mol. The standard InChI is InChI=1S/C19H25NO4/c1-3-24-17-14(22)5-4-12-10-15-19(23)7-6-13(21)11-18(19,16(12)17)8-9-20(15)2/h4-5,15,22-23H,3,6-11H2,1-2H3/t15-,18-,19-/m1/s1. The van der Waals surface area contributed by atoms with Crippen molar-refractivity contribution < 1.29 is 19.7 Å². The third-order valence-electron chi connectivity index (χ3n) is 6.49. The van der Waals surface area contributed by atoms with Crippen molar-refractivity contribution >= 4 is 5.78 Å². The van der Waals surface area contributed by atoms with Crippen LogP contribution in [0.15, 0.2) is 12.1 Å². The molecule has 2 fully saturated rings. The van der Waals surface area contributed by atoms with Gasteiger partial charge in [0.1, 0.15) is 5.78 Å². The highest BCUT2D eigenvalue weighted by Crippen LogP contribution is 2.60. The van der Waals surface area contributed by atoms with E-state index in [1.54, 1.807) is 6.07 Å². The van der Waals surface area contributed by atoms with Crippen molar-refractivity contribution in [2.75, 3.05) is 20.2 Å². The number of phenolic OH excluding ortho intramolecular Hbond substituents is 1. The number of ketones is 1. The lowest BCUT2D eigenvalue weighted by atomic mass is 9.49. The first-order valence-electron chi connectivity index (χ1n) is 8.85. The van der Waals surface area contributed by atoms with E-state index >= 15 is 0 Å². The van der Waals surface area contributed by atoms with Crippen molar-refractivity contribution in [1.82, 2.24) is 4.90 Å². The van der Waals surface area contributed by atoms with Crippen LogP contribution in [0.1, 0.15) is 43.7 Å².